The number of benzene rings is 2. The summed E-state index contributed by atoms with van der Waals surface area (Å²) in [5, 5.41) is 40.5. The van der Waals surface area contributed by atoms with Crippen LogP contribution in [0.25, 0.3) is 0 Å². The van der Waals surface area contributed by atoms with Gasteiger partial charge in [-0.1, -0.05) is 35.9 Å². The maximum Gasteiger partial charge on any atom is 0.119 e. The van der Waals surface area contributed by atoms with Gasteiger partial charge in [-0.15, -0.1) is 0 Å². The van der Waals surface area contributed by atoms with Crippen molar-refractivity contribution in [2.24, 2.45) is 5.92 Å². The highest BCUT2D eigenvalue weighted by Crippen LogP contribution is 2.34. The van der Waals surface area contributed by atoms with Crippen molar-refractivity contribution < 1.29 is 34.6 Å². The number of halogens is 1. The maximum absolute atomic E-state index is 10.4. The molecule has 7 nitrogen and oxygen atoms in total. The van der Waals surface area contributed by atoms with E-state index in [1.807, 2.05) is 30.3 Å². The fourth-order valence-electron chi connectivity index (χ4n) is 4.22. The molecule has 2 aliphatic heterocycles. The summed E-state index contributed by atoms with van der Waals surface area (Å²) in [6, 6.07) is 13.1. The van der Waals surface area contributed by atoms with E-state index < -0.39 is 37.1 Å². The van der Waals surface area contributed by atoms with Crippen LogP contribution in [0.5, 0.6) is 5.75 Å². The Morgan fingerprint density at radius 2 is 1.73 bits per heavy atom. The van der Waals surface area contributed by atoms with Gasteiger partial charge in [0.05, 0.1) is 26.4 Å². The fourth-order valence-corrected chi connectivity index (χ4v) is 4.41. The Hall–Kier alpha value is -1.71. The average molecular weight is 479 g/mol. The van der Waals surface area contributed by atoms with Gasteiger partial charge in [-0.3, -0.25) is 0 Å². The Kier molecular flexibility index (Phi) is 8.24. The van der Waals surface area contributed by atoms with Gasteiger partial charge >= 0.3 is 0 Å². The molecule has 5 atom stereocenters. The molecule has 2 heterocycles. The lowest BCUT2D eigenvalue weighted by Crippen LogP contribution is -2.55. The molecule has 0 saturated carbocycles. The van der Waals surface area contributed by atoms with Crippen LogP contribution in [0.4, 0.5) is 0 Å². The zero-order valence-electron chi connectivity index (χ0n) is 18.3. The molecule has 0 spiro atoms. The molecule has 180 valence electrons. The largest absolute Gasteiger partial charge is 0.494 e. The molecular formula is C25H31ClO7. The highest BCUT2D eigenvalue weighted by Gasteiger charge is 2.44. The van der Waals surface area contributed by atoms with Gasteiger partial charge in [0, 0.05) is 10.9 Å². The third kappa shape index (κ3) is 5.87. The normalized spacial score (nSPS) is 27.8. The summed E-state index contributed by atoms with van der Waals surface area (Å²) >= 11 is 6.42. The molecule has 4 N–H and O–H groups in total. The summed E-state index contributed by atoms with van der Waals surface area (Å²) in [7, 11) is 0. The summed E-state index contributed by atoms with van der Waals surface area (Å²) in [6.45, 7) is 1.96. The van der Waals surface area contributed by atoms with Crippen molar-refractivity contribution in [3.05, 3.63) is 64.2 Å². The van der Waals surface area contributed by atoms with Crippen LogP contribution in [0.3, 0.4) is 0 Å². The smallest absolute Gasteiger partial charge is 0.119 e. The standard InChI is InChI=1S/C25H31ClO7/c26-20-8-5-17(25-24(30)23(29)22(28)21(12-27)33-25)11-18(20)10-15-3-6-19(7-4-15)32-9-1-2-16-13-31-14-16/h3-8,11,16,21-25,27-30H,1-2,9-10,12-14H2/t21?,22-,23+,24-,25?/m1/s1. The van der Waals surface area contributed by atoms with E-state index in [4.69, 9.17) is 25.8 Å². The van der Waals surface area contributed by atoms with Gasteiger partial charge in [-0.2, -0.15) is 0 Å². The predicted octanol–water partition coefficient (Wildman–Crippen LogP) is 2.25. The van der Waals surface area contributed by atoms with Gasteiger partial charge in [0.1, 0.15) is 36.3 Å². The van der Waals surface area contributed by atoms with Crippen molar-refractivity contribution in [3.63, 3.8) is 0 Å². The van der Waals surface area contributed by atoms with Crippen LogP contribution in [-0.2, 0) is 15.9 Å². The second-order valence-corrected chi connectivity index (χ2v) is 9.22. The summed E-state index contributed by atoms with van der Waals surface area (Å²) in [4.78, 5) is 0. The number of hydrogen-bond donors (Lipinski definition) is 4. The number of ether oxygens (including phenoxy) is 3. The number of hydrogen-bond acceptors (Lipinski definition) is 7. The molecule has 2 saturated heterocycles. The van der Waals surface area contributed by atoms with Crippen LogP contribution in [-0.4, -0.2) is 71.3 Å². The summed E-state index contributed by atoms with van der Waals surface area (Å²) in [5.41, 5.74) is 2.49. The Labute approximate surface area is 198 Å². The topological polar surface area (TPSA) is 109 Å². The van der Waals surface area contributed by atoms with Crippen LogP contribution in [0.15, 0.2) is 42.5 Å². The van der Waals surface area contributed by atoms with E-state index in [1.165, 1.54) is 0 Å². The lowest BCUT2D eigenvalue weighted by atomic mass is 9.90. The Morgan fingerprint density at radius 3 is 2.39 bits per heavy atom. The highest BCUT2D eigenvalue weighted by molar-refractivity contribution is 6.31. The van der Waals surface area contributed by atoms with Gasteiger partial charge in [0.15, 0.2) is 0 Å². The minimum atomic E-state index is -1.42. The zero-order valence-corrected chi connectivity index (χ0v) is 19.1. The average Bonchev–Trinajstić information content (AvgIpc) is 2.79. The molecule has 0 amide bonds. The lowest BCUT2D eigenvalue weighted by molar-refractivity contribution is -0.231. The lowest BCUT2D eigenvalue weighted by Gasteiger charge is -2.40. The van der Waals surface area contributed by atoms with Crippen LogP contribution < -0.4 is 4.74 Å². The maximum atomic E-state index is 10.4. The van der Waals surface area contributed by atoms with Crippen molar-refractivity contribution >= 4 is 11.6 Å². The molecule has 2 aromatic rings. The molecule has 8 heteroatoms. The molecule has 0 radical (unpaired) electrons. The fraction of sp³-hybridized carbons (Fsp3) is 0.520. The second kappa shape index (κ2) is 11.1. The van der Waals surface area contributed by atoms with Crippen molar-refractivity contribution in [2.45, 2.75) is 49.8 Å². The first-order valence-electron chi connectivity index (χ1n) is 11.3. The van der Waals surface area contributed by atoms with Crippen molar-refractivity contribution in [1.29, 1.82) is 0 Å². The van der Waals surface area contributed by atoms with Crippen LogP contribution in [0.1, 0.15) is 35.6 Å². The van der Waals surface area contributed by atoms with E-state index in [1.54, 1.807) is 12.1 Å². The summed E-state index contributed by atoms with van der Waals surface area (Å²) in [6.07, 6.45) is -3.29. The molecule has 0 aromatic heterocycles. The van der Waals surface area contributed by atoms with E-state index in [2.05, 4.69) is 0 Å². The molecule has 33 heavy (non-hydrogen) atoms. The highest BCUT2D eigenvalue weighted by atomic mass is 35.5. The van der Waals surface area contributed by atoms with Crippen molar-refractivity contribution in [3.8, 4) is 5.75 Å². The second-order valence-electron chi connectivity index (χ2n) is 8.82. The van der Waals surface area contributed by atoms with Crippen molar-refractivity contribution in [2.75, 3.05) is 26.4 Å². The molecule has 4 rings (SSSR count). The number of rotatable bonds is 9. The molecule has 2 fully saturated rings. The first kappa shape index (κ1) is 24.4. The molecular weight excluding hydrogens is 448 g/mol. The molecule has 2 unspecified atom stereocenters. The molecule has 0 bridgehead atoms. The third-order valence-corrected chi connectivity index (χ3v) is 6.71. The van der Waals surface area contributed by atoms with Crippen LogP contribution in [0, 0.1) is 5.92 Å². The zero-order chi connectivity index (χ0) is 23.4. The van der Waals surface area contributed by atoms with Crippen molar-refractivity contribution in [1.82, 2.24) is 0 Å². The third-order valence-electron chi connectivity index (χ3n) is 6.34. The first-order chi connectivity index (χ1) is 16.0. The van der Waals surface area contributed by atoms with E-state index in [-0.39, 0.29) is 0 Å². The quantitative estimate of drug-likeness (QED) is 0.409. The van der Waals surface area contributed by atoms with Gasteiger partial charge < -0.3 is 34.6 Å². The van der Waals surface area contributed by atoms with Gasteiger partial charge in [-0.05, 0) is 54.2 Å². The number of aliphatic hydroxyl groups excluding tert-OH is 4. The summed E-state index contributed by atoms with van der Waals surface area (Å²) in [5.74, 6) is 1.50. The van der Waals surface area contributed by atoms with Gasteiger partial charge in [-0.25, -0.2) is 0 Å². The Morgan fingerprint density at radius 1 is 0.970 bits per heavy atom. The van der Waals surface area contributed by atoms with Gasteiger partial charge in [0.2, 0.25) is 0 Å². The Bertz CT molecular complexity index is 900. The molecule has 2 aromatic carbocycles. The minimum Gasteiger partial charge on any atom is -0.494 e. The predicted molar refractivity (Wildman–Crippen MR) is 122 cm³/mol. The van der Waals surface area contributed by atoms with E-state index >= 15 is 0 Å². The number of aliphatic hydroxyl groups is 4. The molecule has 0 aliphatic carbocycles. The van der Waals surface area contributed by atoms with Crippen LogP contribution >= 0.6 is 11.6 Å². The van der Waals surface area contributed by atoms with Gasteiger partial charge in [0.25, 0.3) is 0 Å². The van der Waals surface area contributed by atoms with E-state index in [9.17, 15) is 20.4 Å². The first-order valence-corrected chi connectivity index (χ1v) is 11.7. The minimum absolute atomic E-state index is 0.467. The SMILES string of the molecule is OCC1OC(c2ccc(Cl)c(Cc3ccc(OCCCC4COC4)cc3)c2)[C@H](O)[C@@H](O)[C@@H]1O. The monoisotopic (exact) mass is 478 g/mol. The summed E-state index contributed by atoms with van der Waals surface area (Å²) < 4.78 is 16.7. The van der Waals surface area contributed by atoms with E-state index in [0.29, 0.717) is 29.5 Å². The van der Waals surface area contributed by atoms with E-state index in [0.717, 1.165) is 42.9 Å². The molecule has 2 aliphatic rings. The van der Waals surface area contributed by atoms with Crippen LogP contribution in [0.2, 0.25) is 5.02 Å². The Balaban J connectivity index is 1.38.